The molecular weight excluding hydrogens is 296 g/mol. The van der Waals surface area contributed by atoms with Crippen molar-refractivity contribution in [2.45, 2.75) is 6.92 Å². The number of aryl methyl sites for hydroxylation is 1. The van der Waals surface area contributed by atoms with E-state index in [0.717, 1.165) is 5.69 Å². The molecule has 1 aromatic heterocycles. The summed E-state index contributed by atoms with van der Waals surface area (Å²) in [6.07, 6.45) is 0. The number of para-hydroxylation sites is 1. The van der Waals surface area contributed by atoms with Crippen LogP contribution >= 0.6 is 0 Å². The van der Waals surface area contributed by atoms with Crippen molar-refractivity contribution >= 4 is 11.7 Å². The van der Waals surface area contributed by atoms with Crippen molar-refractivity contribution in [1.82, 2.24) is 15.5 Å². The van der Waals surface area contributed by atoms with Gasteiger partial charge in [0.1, 0.15) is 5.82 Å². The minimum absolute atomic E-state index is 0.224. The van der Waals surface area contributed by atoms with Crippen molar-refractivity contribution in [3.05, 3.63) is 41.6 Å². The third-order valence-electron chi connectivity index (χ3n) is 3.16. The number of amides is 1. The monoisotopic (exact) mass is 316 g/mol. The summed E-state index contributed by atoms with van der Waals surface area (Å²) in [5.41, 5.74) is 1.29. The number of benzene rings is 1. The van der Waals surface area contributed by atoms with Gasteiger partial charge in [0.25, 0.3) is 5.91 Å². The molecule has 0 unspecified atom stereocenters. The van der Waals surface area contributed by atoms with Gasteiger partial charge in [0.2, 0.25) is 0 Å². The second-order valence-electron chi connectivity index (χ2n) is 4.78. The maximum atomic E-state index is 12.2. The third kappa shape index (κ3) is 4.32. The summed E-state index contributed by atoms with van der Waals surface area (Å²) in [5, 5.41) is 13.9. The zero-order valence-corrected chi connectivity index (χ0v) is 13.4. The van der Waals surface area contributed by atoms with Crippen LogP contribution in [0.15, 0.2) is 30.3 Å². The summed E-state index contributed by atoms with van der Waals surface area (Å²) in [6, 6.07) is 8.89. The largest absolute Gasteiger partial charge is 0.493 e. The molecule has 0 spiro atoms. The zero-order valence-electron chi connectivity index (χ0n) is 13.4. The summed E-state index contributed by atoms with van der Waals surface area (Å²) in [5.74, 6) is 1.39. The van der Waals surface area contributed by atoms with Crippen molar-refractivity contribution in [1.29, 1.82) is 0 Å². The lowest BCUT2D eigenvalue weighted by atomic mass is 10.1. The molecule has 0 atom stereocenters. The van der Waals surface area contributed by atoms with Gasteiger partial charge in [-0.25, -0.2) is 0 Å². The molecule has 0 aliphatic heterocycles. The van der Waals surface area contributed by atoms with Crippen LogP contribution < -0.4 is 20.1 Å². The maximum absolute atomic E-state index is 12.2. The Morgan fingerprint density at radius 1 is 1.09 bits per heavy atom. The minimum atomic E-state index is -0.224. The topological polar surface area (TPSA) is 85.4 Å². The van der Waals surface area contributed by atoms with Crippen LogP contribution in [-0.4, -0.2) is 43.4 Å². The fourth-order valence-corrected chi connectivity index (χ4v) is 2.02. The van der Waals surface area contributed by atoms with E-state index in [1.165, 1.54) is 14.2 Å². The normalized spacial score (nSPS) is 10.0. The molecule has 7 nitrogen and oxygen atoms in total. The smallest absolute Gasteiger partial charge is 0.255 e. The Morgan fingerprint density at radius 2 is 1.91 bits per heavy atom. The van der Waals surface area contributed by atoms with Crippen LogP contribution in [0.3, 0.4) is 0 Å². The van der Waals surface area contributed by atoms with Crippen molar-refractivity contribution in [3.8, 4) is 11.5 Å². The van der Waals surface area contributed by atoms with Crippen LogP contribution in [0.1, 0.15) is 16.1 Å². The predicted octanol–water partition coefficient (Wildman–Crippen LogP) is 1.64. The number of nitrogens with zero attached hydrogens (tertiary/aromatic N) is 2. The van der Waals surface area contributed by atoms with Crippen LogP contribution in [0.2, 0.25) is 0 Å². The lowest BCUT2D eigenvalue weighted by Gasteiger charge is -2.12. The lowest BCUT2D eigenvalue weighted by molar-refractivity contribution is 0.0951. The first-order chi connectivity index (χ1) is 11.2. The third-order valence-corrected chi connectivity index (χ3v) is 3.16. The minimum Gasteiger partial charge on any atom is -0.493 e. The van der Waals surface area contributed by atoms with E-state index >= 15 is 0 Å². The summed E-state index contributed by atoms with van der Waals surface area (Å²) in [4.78, 5) is 12.2. The molecule has 0 saturated heterocycles. The number of carbonyl (C=O) groups excluding carboxylic acids is 1. The van der Waals surface area contributed by atoms with E-state index in [1.54, 1.807) is 18.2 Å². The molecule has 2 aromatic rings. The molecule has 2 rings (SSSR count). The zero-order chi connectivity index (χ0) is 16.7. The highest BCUT2D eigenvalue weighted by Gasteiger charge is 2.15. The second-order valence-corrected chi connectivity index (χ2v) is 4.78. The number of anilines is 1. The number of carbonyl (C=O) groups is 1. The predicted molar refractivity (Wildman–Crippen MR) is 87.1 cm³/mol. The first-order valence-electron chi connectivity index (χ1n) is 7.19. The molecule has 0 saturated carbocycles. The number of rotatable bonds is 7. The molecule has 0 bridgehead atoms. The van der Waals surface area contributed by atoms with Crippen molar-refractivity contribution < 1.29 is 14.3 Å². The van der Waals surface area contributed by atoms with Gasteiger partial charge in [-0.05, 0) is 31.2 Å². The van der Waals surface area contributed by atoms with E-state index in [-0.39, 0.29) is 5.91 Å². The van der Waals surface area contributed by atoms with Gasteiger partial charge in [0.05, 0.1) is 25.5 Å². The first-order valence-corrected chi connectivity index (χ1v) is 7.19. The van der Waals surface area contributed by atoms with Gasteiger partial charge in [-0.1, -0.05) is 6.07 Å². The quantitative estimate of drug-likeness (QED) is 0.755. The maximum Gasteiger partial charge on any atom is 0.255 e. The van der Waals surface area contributed by atoms with Crippen LogP contribution in [0.25, 0.3) is 0 Å². The molecule has 0 radical (unpaired) electrons. The first kappa shape index (κ1) is 16.5. The van der Waals surface area contributed by atoms with E-state index in [9.17, 15) is 4.79 Å². The van der Waals surface area contributed by atoms with Gasteiger partial charge in [0, 0.05) is 13.1 Å². The average Bonchev–Trinajstić information content (AvgIpc) is 2.59. The lowest BCUT2D eigenvalue weighted by Crippen LogP contribution is -2.29. The van der Waals surface area contributed by atoms with E-state index in [1.807, 2.05) is 19.1 Å². The molecule has 23 heavy (non-hydrogen) atoms. The van der Waals surface area contributed by atoms with Gasteiger partial charge in [0.15, 0.2) is 11.5 Å². The van der Waals surface area contributed by atoms with E-state index in [2.05, 4.69) is 20.8 Å². The number of methoxy groups -OCH3 is 2. The number of ether oxygens (including phenoxy) is 2. The number of hydrogen-bond acceptors (Lipinski definition) is 6. The second kappa shape index (κ2) is 7.98. The van der Waals surface area contributed by atoms with Gasteiger partial charge in [-0.15, -0.1) is 5.10 Å². The Hall–Kier alpha value is -2.83. The Labute approximate surface area is 135 Å². The molecule has 122 valence electrons. The van der Waals surface area contributed by atoms with Gasteiger partial charge in [-0.3, -0.25) is 4.79 Å². The van der Waals surface area contributed by atoms with Gasteiger partial charge in [-0.2, -0.15) is 5.10 Å². The standard InChI is InChI=1S/C16H20N4O3/c1-11-7-8-14(20-19-11)17-9-10-18-16(21)12-5-4-6-13(22-2)15(12)23-3/h4-8H,9-10H2,1-3H3,(H,17,20)(H,18,21). The summed E-state index contributed by atoms with van der Waals surface area (Å²) in [6.45, 7) is 2.85. The van der Waals surface area contributed by atoms with E-state index < -0.39 is 0 Å². The van der Waals surface area contributed by atoms with Gasteiger partial charge < -0.3 is 20.1 Å². The van der Waals surface area contributed by atoms with Crippen LogP contribution in [0.4, 0.5) is 5.82 Å². The Kier molecular flexibility index (Phi) is 5.74. The fourth-order valence-electron chi connectivity index (χ4n) is 2.02. The fraction of sp³-hybridized carbons (Fsp3) is 0.312. The number of aromatic nitrogens is 2. The highest BCUT2D eigenvalue weighted by atomic mass is 16.5. The SMILES string of the molecule is COc1cccc(C(=O)NCCNc2ccc(C)nn2)c1OC. The number of hydrogen-bond donors (Lipinski definition) is 2. The van der Waals surface area contributed by atoms with Crippen molar-refractivity contribution in [2.24, 2.45) is 0 Å². The summed E-state index contributed by atoms with van der Waals surface area (Å²) >= 11 is 0. The molecule has 7 heteroatoms. The Morgan fingerprint density at radius 3 is 2.57 bits per heavy atom. The molecule has 0 aliphatic rings. The Bertz CT molecular complexity index is 659. The summed E-state index contributed by atoms with van der Waals surface area (Å²) < 4.78 is 10.4. The van der Waals surface area contributed by atoms with E-state index in [4.69, 9.17) is 9.47 Å². The van der Waals surface area contributed by atoms with Crippen LogP contribution in [-0.2, 0) is 0 Å². The van der Waals surface area contributed by atoms with Crippen LogP contribution in [0, 0.1) is 6.92 Å². The Balaban J connectivity index is 1.89. The highest BCUT2D eigenvalue weighted by Crippen LogP contribution is 2.30. The summed E-state index contributed by atoms with van der Waals surface area (Å²) in [7, 11) is 3.04. The molecule has 1 amide bonds. The molecule has 0 fully saturated rings. The average molecular weight is 316 g/mol. The molecule has 2 N–H and O–H groups in total. The molecular formula is C16H20N4O3. The molecule has 1 aromatic carbocycles. The molecule has 1 heterocycles. The van der Waals surface area contributed by atoms with Gasteiger partial charge >= 0.3 is 0 Å². The highest BCUT2D eigenvalue weighted by molar-refractivity contribution is 5.97. The van der Waals surface area contributed by atoms with E-state index in [0.29, 0.717) is 36.0 Å². The molecule has 0 aliphatic carbocycles. The van der Waals surface area contributed by atoms with Crippen molar-refractivity contribution in [3.63, 3.8) is 0 Å². The van der Waals surface area contributed by atoms with Crippen LogP contribution in [0.5, 0.6) is 11.5 Å². The number of nitrogens with one attached hydrogen (secondary N) is 2. The van der Waals surface area contributed by atoms with Crippen molar-refractivity contribution in [2.75, 3.05) is 32.6 Å².